The fourth-order valence-electron chi connectivity index (χ4n) is 2.53. The number of phenols is 1. The fraction of sp³-hybridized carbons (Fsp3) is 0.111. The minimum atomic E-state index is -0.654. The van der Waals surface area contributed by atoms with Gasteiger partial charge in [-0.1, -0.05) is 6.07 Å². The molecule has 1 saturated heterocycles. The number of carbonyl (C=O) groups is 2. The highest BCUT2D eigenvalue weighted by Crippen LogP contribution is 2.28. The minimum Gasteiger partial charge on any atom is -0.507 e. The molecule has 3 rings (SSSR count). The van der Waals surface area contributed by atoms with Crippen molar-refractivity contribution in [3.05, 3.63) is 68.8 Å². The number of rotatable bonds is 3. The number of anilines is 1. The lowest BCUT2D eigenvalue weighted by Crippen LogP contribution is -2.35. The Bertz CT molecular complexity index is 981. The molecule has 0 unspecified atom stereocenters. The number of phenolic OH excluding ortho intramolecular Hbond substituents is 1. The monoisotopic (exact) mass is 353 g/mol. The van der Waals surface area contributed by atoms with Gasteiger partial charge in [0.15, 0.2) is 0 Å². The third kappa shape index (κ3) is 3.00. The van der Waals surface area contributed by atoms with Crippen molar-refractivity contribution in [1.82, 2.24) is 5.43 Å². The Labute approximate surface area is 148 Å². The normalized spacial score (nSPS) is 15.5. The van der Waals surface area contributed by atoms with Crippen LogP contribution in [0.1, 0.15) is 16.7 Å². The summed E-state index contributed by atoms with van der Waals surface area (Å²) in [6, 6.07) is 8.67. The van der Waals surface area contributed by atoms with Crippen LogP contribution in [-0.2, 0) is 9.59 Å². The van der Waals surface area contributed by atoms with Crippen molar-refractivity contribution in [3.63, 3.8) is 0 Å². The van der Waals surface area contributed by atoms with Crippen LogP contribution in [0.25, 0.3) is 6.08 Å². The maximum Gasteiger partial charge on any atom is 0.282 e. The van der Waals surface area contributed by atoms with Gasteiger partial charge in [0, 0.05) is 17.7 Å². The number of carbonyl (C=O) groups excluding carboxylic acids is 2. The van der Waals surface area contributed by atoms with Gasteiger partial charge < -0.3 is 5.11 Å². The van der Waals surface area contributed by atoms with E-state index in [-0.39, 0.29) is 22.6 Å². The molecule has 0 bridgehead atoms. The summed E-state index contributed by atoms with van der Waals surface area (Å²) in [5.74, 6) is -1.53. The Morgan fingerprint density at radius 1 is 1.12 bits per heavy atom. The van der Waals surface area contributed by atoms with Crippen molar-refractivity contribution >= 4 is 29.3 Å². The van der Waals surface area contributed by atoms with Crippen molar-refractivity contribution < 1.29 is 19.6 Å². The summed E-state index contributed by atoms with van der Waals surface area (Å²) in [5.41, 5.74) is 4.49. The van der Waals surface area contributed by atoms with Crippen molar-refractivity contribution in [2.24, 2.45) is 0 Å². The van der Waals surface area contributed by atoms with Gasteiger partial charge in [-0.3, -0.25) is 25.1 Å². The maximum absolute atomic E-state index is 12.6. The molecule has 0 spiro atoms. The van der Waals surface area contributed by atoms with Crippen molar-refractivity contribution in [3.8, 4) is 5.75 Å². The van der Waals surface area contributed by atoms with Gasteiger partial charge in [-0.15, -0.1) is 0 Å². The van der Waals surface area contributed by atoms with E-state index in [0.29, 0.717) is 5.69 Å². The molecule has 2 N–H and O–H groups in total. The molecule has 0 saturated carbocycles. The van der Waals surface area contributed by atoms with Crippen LogP contribution in [0, 0.1) is 24.0 Å². The van der Waals surface area contributed by atoms with E-state index in [9.17, 15) is 24.8 Å². The van der Waals surface area contributed by atoms with E-state index in [1.165, 1.54) is 0 Å². The topological polar surface area (TPSA) is 113 Å². The van der Waals surface area contributed by atoms with Crippen molar-refractivity contribution in [2.75, 3.05) is 5.01 Å². The zero-order valence-corrected chi connectivity index (χ0v) is 14.0. The molecule has 0 atom stereocenters. The number of amides is 2. The maximum atomic E-state index is 12.6. The average molecular weight is 353 g/mol. The number of aryl methyl sites for hydroxylation is 2. The summed E-state index contributed by atoms with van der Waals surface area (Å²) < 4.78 is 0. The van der Waals surface area contributed by atoms with E-state index in [1.54, 1.807) is 12.1 Å². The Hall–Kier alpha value is -3.68. The summed E-state index contributed by atoms with van der Waals surface area (Å²) >= 11 is 0. The van der Waals surface area contributed by atoms with Gasteiger partial charge in [-0.25, -0.2) is 5.01 Å². The highest BCUT2D eigenvalue weighted by atomic mass is 16.6. The van der Waals surface area contributed by atoms with Gasteiger partial charge in [0.05, 0.1) is 10.6 Å². The molecule has 132 valence electrons. The molecule has 1 aliphatic heterocycles. The van der Waals surface area contributed by atoms with Gasteiger partial charge in [-0.05, 0) is 49.2 Å². The first-order valence-electron chi connectivity index (χ1n) is 7.69. The molecule has 2 amide bonds. The number of hydrogen-bond acceptors (Lipinski definition) is 5. The molecule has 26 heavy (non-hydrogen) atoms. The van der Waals surface area contributed by atoms with Gasteiger partial charge in [0.25, 0.3) is 17.5 Å². The lowest BCUT2D eigenvalue weighted by molar-refractivity contribution is -0.384. The third-order valence-electron chi connectivity index (χ3n) is 4.16. The summed E-state index contributed by atoms with van der Waals surface area (Å²) in [4.78, 5) is 35.1. The zero-order chi connectivity index (χ0) is 19.0. The van der Waals surface area contributed by atoms with Gasteiger partial charge >= 0.3 is 0 Å². The molecule has 0 aliphatic carbocycles. The Balaban J connectivity index is 1.99. The number of nitrogens with zero attached hydrogens (tertiary/aromatic N) is 2. The lowest BCUT2D eigenvalue weighted by atomic mass is 10.1. The highest BCUT2D eigenvalue weighted by molar-refractivity contribution is 6.31. The van der Waals surface area contributed by atoms with Crippen LogP contribution in [0.5, 0.6) is 5.75 Å². The van der Waals surface area contributed by atoms with Crippen molar-refractivity contribution in [2.45, 2.75) is 13.8 Å². The molecule has 1 heterocycles. The van der Waals surface area contributed by atoms with E-state index >= 15 is 0 Å². The SMILES string of the molecule is Cc1ccc(N2NC(=O)C(=Cc3cc([N+](=O)[O-])ccc3O)C2=O)cc1C. The first-order chi connectivity index (χ1) is 12.3. The smallest absolute Gasteiger partial charge is 0.282 e. The first-order valence-corrected chi connectivity index (χ1v) is 7.69. The van der Waals surface area contributed by atoms with E-state index < -0.39 is 16.7 Å². The predicted octanol–water partition coefficient (Wildman–Crippen LogP) is 2.38. The number of nitro groups is 1. The third-order valence-corrected chi connectivity index (χ3v) is 4.16. The number of nitrogens with one attached hydrogen (secondary N) is 1. The molecular formula is C18H15N3O5. The van der Waals surface area contributed by atoms with Crippen LogP contribution < -0.4 is 10.4 Å². The van der Waals surface area contributed by atoms with Crippen LogP contribution in [0.3, 0.4) is 0 Å². The molecule has 8 heteroatoms. The standard InChI is InChI=1S/C18H15N3O5/c1-10-3-4-13(7-11(10)2)20-18(24)15(17(23)19-20)9-12-8-14(21(25)26)5-6-16(12)22/h3-9,22H,1-2H3,(H,19,23). The molecular weight excluding hydrogens is 338 g/mol. The second-order valence-electron chi connectivity index (χ2n) is 5.91. The van der Waals surface area contributed by atoms with E-state index in [2.05, 4.69) is 5.43 Å². The second-order valence-corrected chi connectivity index (χ2v) is 5.91. The number of non-ortho nitro benzene ring substituents is 1. The van der Waals surface area contributed by atoms with Crippen molar-refractivity contribution in [1.29, 1.82) is 0 Å². The van der Waals surface area contributed by atoms with E-state index in [0.717, 1.165) is 40.4 Å². The Morgan fingerprint density at radius 2 is 1.85 bits per heavy atom. The number of nitro benzene ring substituents is 1. The van der Waals surface area contributed by atoms with Crippen LogP contribution in [0.4, 0.5) is 11.4 Å². The van der Waals surface area contributed by atoms with Gasteiger partial charge in [0.2, 0.25) is 0 Å². The first kappa shape index (κ1) is 17.2. The molecule has 1 aliphatic rings. The highest BCUT2D eigenvalue weighted by Gasteiger charge is 2.34. The quantitative estimate of drug-likeness (QED) is 0.381. The Kier molecular flexibility index (Phi) is 4.17. The van der Waals surface area contributed by atoms with E-state index in [1.807, 2.05) is 19.9 Å². The Morgan fingerprint density at radius 3 is 2.50 bits per heavy atom. The van der Waals surface area contributed by atoms with E-state index in [4.69, 9.17) is 0 Å². The van der Waals surface area contributed by atoms with Crippen LogP contribution in [0.2, 0.25) is 0 Å². The predicted molar refractivity (Wildman–Crippen MR) is 94.3 cm³/mol. The number of hydrogen-bond donors (Lipinski definition) is 2. The summed E-state index contributed by atoms with van der Waals surface area (Å²) in [6.45, 7) is 3.82. The van der Waals surface area contributed by atoms with Crippen LogP contribution in [0.15, 0.2) is 42.0 Å². The molecule has 0 radical (unpaired) electrons. The summed E-state index contributed by atoms with van der Waals surface area (Å²) in [6.07, 6.45) is 1.14. The average Bonchev–Trinajstić information content (AvgIpc) is 2.87. The largest absolute Gasteiger partial charge is 0.507 e. The zero-order valence-electron chi connectivity index (χ0n) is 14.0. The molecule has 1 fully saturated rings. The lowest BCUT2D eigenvalue weighted by Gasteiger charge is -2.15. The number of benzene rings is 2. The molecule has 2 aromatic rings. The number of aromatic hydroxyl groups is 1. The summed E-state index contributed by atoms with van der Waals surface area (Å²) in [7, 11) is 0. The number of hydrazine groups is 1. The molecule has 0 aromatic heterocycles. The molecule has 2 aromatic carbocycles. The van der Waals surface area contributed by atoms with Gasteiger partial charge in [-0.2, -0.15) is 0 Å². The van der Waals surface area contributed by atoms with Crippen LogP contribution in [-0.4, -0.2) is 21.8 Å². The second kappa shape index (κ2) is 6.32. The van der Waals surface area contributed by atoms with Crippen LogP contribution >= 0.6 is 0 Å². The summed E-state index contributed by atoms with van der Waals surface area (Å²) in [5, 5.41) is 21.9. The van der Waals surface area contributed by atoms with Gasteiger partial charge in [0.1, 0.15) is 11.3 Å². The minimum absolute atomic E-state index is 0.0136. The fourth-order valence-corrected chi connectivity index (χ4v) is 2.53. The molecule has 8 nitrogen and oxygen atoms in total.